The lowest BCUT2D eigenvalue weighted by Crippen LogP contribution is -2.34. The van der Waals surface area contributed by atoms with E-state index in [9.17, 15) is 9.59 Å². The summed E-state index contributed by atoms with van der Waals surface area (Å²) in [6.07, 6.45) is 8.69. The Kier molecular flexibility index (Phi) is 4.58. The molecule has 0 saturated heterocycles. The molecule has 2 unspecified atom stereocenters. The van der Waals surface area contributed by atoms with E-state index in [4.69, 9.17) is 9.47 Å². The number of esters is 1. The van der Waals surface area contributed by atoms with Gasteiger partial charge in [0.15, 0.2) is 5.75 Å². The largest absolute Gasteiger partial charge is 0.455 e. The fourth-order valence-electron chi connectivity index (χ4n) is 2.95. The van der Waals surface area contributed by atoms with Crippen molar-refractivity contribution in [2.45, 2.75) is 6.10 Å². The van der Waals surface area contributed by atoms with Gasteiger partial charge in [0.05, 0.1) is 5.69 Å². The van der Waals surface area contributed by atoms with Gasteiger partial charge in [0.2, 0.25) is 0 Å². The monoisotopic (exact) mass is 359 g/mol. The number of benzene rings is 2. The van der Waals surface area contributed by atoms with Crippen molar-refractivity contribution in [1.82, 2.24) is 0 Å². The smallest absolute Gasteiger partial charge is 0.344 e. The number of nitrogens with one attached hydrogen (secondary N) is 1. The molecule has 5 nitrogen and oxygen atoms in total. The summed E-state index contributed by atoms with van der Waals surface area (Å²) in [5, 5.41) is 2.75. The summed E-state index contributed by atoms with van der Waals surface area (Å²) in [6, 6.07) is 16.3. The Labute approximate surface area is 156 Å². The van der Waals surface area contributed by atoms with Crippen LogP contribution in [0.15, 0.2) is 90.6 Å². The Morgan fingerprint density at radius 1 is 0.963 bits per heavy atom. The number of amides is 1. The van der Waals surface area contributed by atoms with Crippen molar-refractivity contribution in [1.29, 1.82) is 0 Å². The predicted octanol–water partition coefficient (Wildman–Crippen LogP) is 4.01. The highest BCUT2D eigenvalue weighted by atomic mass is 16.5. The van der Waals surface area contributed by atoms with E-state index in [0.29, 0.717) is 17.2 Å². The highest BCUT2D eigenvalue weighted by Gasteiger charge is 2.32. The standard InChI is InChI=1S/C22H17NO4/c24-21(17-14-15-8-4-6-12-19(15)27-22(17)25)23-18-11-5-7-13-20(18)26-16-9-2-1-3-10-16/h1-15,19H,(H,23,24). The lowest BCUT2D eigenvalue weighted by atomic mass is 9.92. The summed E-state index contributed by atoms with van der Waals surface area (Å²) in [7, 11) is 0. The first-order chi connectivity index (χ1) is 13.2. The molecule has 27 heavy (non-hydrogen) atoms. The van der Waals surface area contributed by atoms with Crippen molar-refractivity contribution in [3.63, 3.8) is 0 Å². The highest BCUT2D eigenvalue weighted by Crippen LogP contribution is 2.30. The number of fused-ring (bicyclic) bond motifs is 1. The molecule has 1 aliphatic heterocycles. The van der Waals surface area contributed by atoms with Crippen molar-refractivity contribution in [3.05, 3.63) is 90.6 Å². The van der Waals surface area contributed by atoms with E-state index in [0.717, 1.165) is 0 Å². The maximum Gasteiger partial charge on any atom is 0.344 e. The molecule has 0 fully saturated rings. The van der Waals surface area contributed by atoms with E-state index < -0.39 is 11.9 Å². The fourth-order valence-corrected chi connectivity index (χ4v) is 2.95. The third kappa shape index (κ3) is 3.67. The summed E-state index contributed by atoms with van der Waals surface area (Å²) >= 11 is 0. The minimum absolute atomic E-state index is 0.00860. The number of ether oxygens (including phenoxy) is 2. The van der Waals surface area contributed by atoms with Gasteiger partial charge in [-0.1, -0.05) is 54.6 Å². The lowest BCUT2D eigenvalue weighted by Gasteiger charge is -2.27. The minimum atomic E-state index is -0.629. The molecule has 0 bridgehead atoms. The minimum Gasteiger partial charge on any atom is -0.455 e. The molecule has 5 heteroatoms. The van der Waals surface area contributed by atoms with Gasteiger partial charge < -0.3 is 14.8 Å². The van der Waals surface area contributed by atoms with Gasteiger partial charge in [-0.3, -0.25) is 4.79 Å². The highest BCUT2D eigenvalue weighted by molar-refractivity contribution is 6.21. The first-order valence-corrected chi connectivity index (χ1v) is 8.62. The Hall–Kier alpha value is -3.60. The normalized spacial score (nSPS) is 20.3. The number of rotatable bonds is 4. The Balaban J connectivity index is 1.55. The zero-order chi connectivity index (χ0) is 18.6. The zero-order valence-electron chi connectivity index (χ0n) is 14.4. The number of anilines is 1. The molecule has 0 spiro atoms. The second kappa shape index (κ2) is 7.33. The summed E-state index contributed by atoms with van der Waals surface area (Å²) in [6.45, 7) is 0. The molecule has 2 atom stereocenters. The number of carbonyl (C=O) groups excluding carboxylic acids is 2. The average molecular weight is 359 g/mol. The molecule has 4 rings (SSSR count). The molecule has 2 aromatic carbocycles. The van der Waals surface area contributed by atoms with E-state index in [2.05, 4.69) is 5.32 Å². The van der Waals surface area contributed by atoms with Crippen LogP contribution in [0, 0.1) is 5.92 Å². The summed E-state index contributed by atoms with van der Waals surface area (Å²) < 4.78 is 11.2. The van der Waals surface area contributed by atoms with Crippen LogP contribution in [0.4, 0.5) is 5.69 Å². The van der Waals surface area contributed by atoms with Gasteiger partial charge in [0.25, 0.3) is 5.91 Å². The van der Waals surface area contributed by atoms with Crippen molar-refractivity contribution in [2.75, 3.05) is 5.32 Å². The van der Waals surface area contributed by atoms with Gasteiger partial charge in [0, 0.05) is 5.92 Å². The first-order valence-electron chi connectivity index (χ1n) is 8.62. The van der Waals surface area contributed by atoms with Crippen LogP contribution in [0.5, 0.6) is 11.5 Å². The summed E-state index contributed by atoms with van der Waals surface area (Å²) in [4.78, 5) is 24.9. The van der Waals surface area contributed by atoms with Gasteiger partial charge in [0.1, 0.15) is 17.4 Å². The molecule has 2 aromatic rings. The summed E-state index contributed by atoms with van der Waals surface area (Å²) in [5.74, 6) is -0.150. The Morgan fingerprint density at radius 3 is 2.56 bits per heavy atom. The SMILES string of the molecule is O=C(Nc1ccccc1Oc1ccccc1)C1=CC2C=CC=CC2OC1=O. The fraction of sp³-hybridized carbons (Fsp3) is 0.0909. The molecule has 134 valence electrons. The van der Waals surface area contributed by atoms with Gasteiger partial charge in [-0.15, -0.1) is 0 Å². The maximum absolute atomic E-state index is 12.7. The quantitative estimate of drug-likeness (QED) is 0.662. The molecular weight excluding hydrogens is 342 g/mol. The third-order valence-electron chi connectivity index (χ3n) is 4.30. The molecule has 1 heterocycles. The Morgan fingerprint density at radius 2 is 1.70 bits per heavy atom. The van der Waals surface area contributed by atoms with Crippen molar-refractivity contribution in [3.8, 4) is 11.5 Å². The third-order valence-corrected chi connectivity index (χ3v) is 4.30. The van der Waals surface area contributed by atoms with E-state index in [-0.39, 0.29) is 17.6 Å². The van der Waals surface area contributed by atoms with Crippen LogP contribution in [0.1, 0.15) is 0 Å². The average Bonchev–Trinajstić information content (AvgIpc) is 2.69. The number of allylic oxidation sites excluding steroid dienone is 2. The van der Waals surface area contributed by atoms with Crippen LogP contribution >= 0.6 is 0 Å². The van der Waals surface area contributed by atoms with Crippen LogP contribution in [-0.2, 0) is 14.3 Å². The predicted molar refractivity (Wildman–Crippen MR) is 101 cm³/mol. The molecule has 1 aliphatic carbocycles. The Bertz CT molecular complexity index is 959. The van der Waals surface area contributed by atoms with Crippen molar-refractivity contribution >= 4 is 17.6 Å². The number of carbonyl (C=O) groups is 2. The molecular formula is C22H17NO4. The van der Waals surface area contributed by atoms with Crippen molar-refractivity contribution in [2.24, 2.45) is 5.92 Å². The van der Waals surface area contributed by atoms with Crippen LogP contribution in [0.3, 0.4) is 0 Å². The first kappa shape index (κ1) is 16.8. The zero-order valence-corrected chi connectivity index (χ0v) is 14.4. The molecule has 1 N–H and O–H groups in total. The number of hydrogen-bond donors (Lipinski definition) is 1. The van der Waals surface area contributed by atoms with Gasteiger partial charge in [-0.05, 0) is 30.3 Å². The second-order valence-corrected chi connectivity index (χ2v) is 6.16. The van der Waals surface area contributed by atoms with Crippen LogP contribution in [0.25, 0.3) is 0 Å². The van der Waals surface area contributed by atoms with Gasteiger partial charge in [-0.25, -0.2) is 4.79 Å². The molecule has 1 amide bonds. The molecule has 2 aliphatic rings. The van der Waals surface area contributed by atoms with Crippen molar-refractivity contribution < 1.29 is 19.1 Å². The summed E-state index contributed by atoms with van der Waals surface area (Å²) in [5.41, 5.74) is 0.465. The van der Waals surface area contributed by atoms with E-state index in [1.807, 2.05) is 54.6 Å². The van der Waals surface area contributed by atoms with E-state index >= 15 is 0 Å². The van der Waals surface area contributed by atoms with Gasteiger partial charge in [-0.2, -0.15) is 0 Å². The molecule has 0 radical (unpaired) electrons. The van der Waals surface area contributed by atoms with E-state index in [1.165, 1.54) is 0 Å². The number of hydrogen-bond acceptors (Lipinski definition) is 4. The maximum atomic E-state index is 12.7. The van der Waals surface area contributed by atoms with Crippen LogP contribution in [-0.4, -0.2) is 18.0 Å². The number of para-hydroxylation sites is 3. The van der Waals surface area contributed by atoms with Crippen LogP contribution < -0.4 is 10.1 Å². The molecule has 0 saturated carbocycles. The second-order valence-electron chi connectivity index (χ2n) is 6.16. The van der Waals surface area contributed by atoms with Crippen LogP contribution in [0.2, 0.25) is 0 Å². The lowest BCUT2D eigenvalue weighted by molar-refractivity contribution is -0.145. The topological polar surface area (TPSA) is 64.6 Å². The molecule has 0 aromatic heterocycles. The van der Waals surface area contributed by atoms with Gasteiger partial charge >= 0.3 is 5.97 Å². The van der Waals surface area contributed by atoms with E-state index in [1.54, 1.807) is 30.4 Å².